The van der Waals surface area contributed by atoms with Gasteiger partial charge in [0.2, 0.25) is 0 Å². The topological polar surface area (TPSA) is 16.1 Å². The molecule has 8 rings (SSSR count). The monoisotopic (exact) mass is 604 g/mol. The summed E-state index contributed by atoms with van der Waals surface area (Å²) in [6.45, 7) is 6.79. The van der Waals surface area contributed by atoms with Crippen molar-refractivity contribution >= 4 is 49.4 Å². The van der Waals surface area contributed by atoms with Gasteiger partial charge in [0.15, 0.2) is 0 Å². The lowest BCUT2D eigenvalue weighted by Crippen LogP contribution is -2.13. The molecule has 1 aromatic heterocycles. The van der Waals surface area contributed by atoms with Gasteiger partial charge in [-0.1, -0.05) is 136 Å². The van der Waals surface area contributed by atoms with E-state index in [1.807, 2.05) is 6.07 Å². The second-order valence-corrected chi connectivity index (χ2v) is 13.3. The zero-order chi connectivity index (χ0) is 32.0. The van der Waals surface area contributed by atoms with Gasteiger partial charge < -0.3 is 4.90 Å². The van der Waals surface area contributed by atoms with Gasteiger partial charge in [-0.05, 0) is 91.8 Å². The molecule has 2 heteroatoms. The van der Waals surface area contributed by atoms with Crippen LogP contribution in [0.2, 0.25) is 0 Å². The van der Waals surface area contributed by atoms with Crippen LogP contribution in [0.25, 0.3) is 54.8 Å². The lowest BCUT2D eigenvalue weighted by atomic mass is 9.87. The fourth-order valence-corrected chi connectivity index (χ4v) is 6.67. The average molecular weight is 605 g/mol. The normalized spacial score (nSPS) is 11.7. The fourth-order valence-electron chi connectivity index (χ4n) is 6.67. The van der Waals surface area contributed by atoms with Crippen LogP contribution in [0.5, 0.6) is 0 Å². The molecule has 0 unspecified atom stereocenters. The molecule has 0 bridgehead atoms. The molecule has 0 fully saturated rings. The second-order valence-electron chi connectivity index (χ2n) is 13.3. The Kier molecular flexibility index (Phi) is 7.07. The molecule has 0 radical (unpaired) electrons. The van der Waals surface area contributed by atoms with Gasteiger partial charge in [0.25, 0.3) is 0 Å². The zero-order valence-electron chi connectivity index (χ0n) is 27.0. The smallest absolute Gasteiger partial charge is 0.0710 e. The van der Waals surface area contributed by atoms with E-state index < -0.39 is 0 Å². The van der Waals surface area contributed by atoms with Gasteiger partial charge in [-0.15, -0.1) is 0 Å². The maximum atomic E-state index is 5.08. The van der Waals surface area contributed by atoms with Crippen LogP contribution in [-0.4, -0.2) is 4.98 Å². The van der Waals surface area contributed by atoms with Crippen LogP contribution >= 0.6 is 0 Å². The number of rotatable bonds is 5. The molecule has 0 N–H and O–H groups in total. The number of fused-ring (bicyclic) bond motifs is 5. The van der Waals surface area contributed by atoms with Crippen molar-refractivity contribution in [2.45, 2.75) is 26.2 Å². The van der Waals surface area contributed by atoms with Crippen molar-refractivity contribution in [1.29, 1.82) is 0 Å². The first kappa shape index (κ1) is 28.7. The lowest BCUT2D eigenvalue weighted by molar-refractivity contribution is 0.590. The Balaban J connectivity index is 1.29. The minimum atomic E-state index is 0.0728. The number of nitrogens with zero attached hydrogens (tertiary/aromatic N) is 2. The first-order valence-electron chi connectivity index (χ1n) is 16.3. The Morgan fingerprint density at radius 3 is 1.74 bits per heavy atom. The third-order valence-electron chi connectivity index (χ3n) is 9.20. The number of anilines is 3. The maximum absolute atomic E-state index is 5.08. The third kappa shape index (κ3) is 5.42. The van der Waals surface area contributed by atoms with Crippen LogP contribution in [0.4, 0.5) is 17.1 Å². The molecule has 0 amide bonds. The van der Waals surface area contributed by atoms with Crippen molar-refractivity contribution in [3.63, 3.8) is 0 Å². The van der Waals surface area contributed by atoms with Gasteiger partial charge in [-0.2, -0.15) is 0 Å². The number of pyridine rings is 1. The van der Waals surface area contributed by atoms with E-state index in [1.54, 1.807) is 0 Å². The highest BCUT2D eigenvalue weighted by Crippen LogP contribution is 2.40. The largest absolute Gasteiger partial charge is 0.310 e. The zero-order valence-corrected chi connectivity index (χ0v) is 27.0. The summed E-state index contributed by atoms with van der Waals surface area (Å²) >= 11 is 0. The quantitative estimate of drug-likeness (QED) is 0.182. The van der Waals surface area contributed by atoms with Crippen molar-refractivity contribution in [1.82, 2.24) is 4.98 Å². The third-order valence-corrected chi connectivity index (χ3v) is 9.20. The van der Waals surface area contributed by atoms with Gasteiger partial charge >= 0.3 is 0 Å². The molecule has 8 aromatic rings. The maximum Gasteiger partial charge on any atom is 0.0710 e. The van der Waals surface area contributed by atoms with E-state index in [4.69, 9.17) is 4.98 Å². The SMILES string of the molecule is CC(C)(C)c1ccc(N(c2cccc(-c3cccc(-c4ccccc4)n3)c2)c2ccc3ccc4c5ccccc5ccc4c3c2)cc1. The van der Waals surface area contributed by atoms with Crippen LogP contribution in [0.15, 0.2) is 164 Å². The van der Waals surface area contributed by atoms with Crippen molar-refractivity contribution in [3.05, 3.63) is 169 Å². The Morgan fingerprint density at radius 2 is 0.979 bits per heavy atom. The molecule has 1 heterocycles. The van der Waals surface area contributed by atoms with Crippen molar-refractivity contribution < 1.29 is 0 Å². The molecular formula is C45H36N2. The summed E-state index contributed by atoms with van der Waals surface area (Å²) < 4.78 is 0. The molecule has 0 aliphatic rings. The highest BCUT2D eigenvalue weighted by molar-refractivity contribution is 6.17. The summed E-state index contributed by atoms with van der Waals surface area (Å²) in [4.78, 5) is 7.45. The molecule has 226 valence electrons. The number of hydrogen-bond donors (Lipinski definition) is 0. The van der Waals surface area contributed by atoms with Crippen molar-refractivity contribution in [2.24, 2.45) is 0 Å². The Labute approximate surface area is 276 Å². The second kappa shape index (κ2) is 11.6. The standard InChI is InChI=1S/C45H36N2/c1-45(2,3)35-22-25-36(26-23-35)47(37-15-9-14-34(29-37)44-18-10-17-43(46-44)33-12-5-4-6-13-33)38-24-19-32-21-27-40-39-16-8-7-11-31(39)20-28-41(40)42(32)30-38/h4-30H,1-3H3. The summed E-state index contributed by atoms with van der Waals surface area (Å²) in [5.41, 5.74) is 8.82. The molecule has 0 spiro atoms. The fraction of sp³-hybridized carbons (Fsp3) is 0.0889. The highest BCUT2D eigenvalue weighted by atomic mass is 15.1. The highest BCUT2D eigenvalue weighted by Gasteiger charge is 2.18. The van der Waals surface area contributed by atoms with E-state index in [0.29, 0.717) is 0 Å². The molecule has 47 heavy (non-hydrogen) atoms. The van der Waals surface area contributed by atoms with E-state index in [1.165, 1.54) is 37.9 Å². The first-order valence-corrected chi connectivity index (χ1v) is 16.3. The summed E-state index contributed by atoms with van der Waals surface area (Å²) in [5.74, 6) is 0. The van der Waals surface area contributed by atoms with Gasteiger partial charge in [0.1, 0.15) is 0 Å². The molecule has 0 atom stereocenters. The number of benzene rings is 7. The van der Waals surface area contributed by atoms with E-state index in [0.717, 1.165) is 39.6 Å². The van der Waals surface area contributed by atoms with Crippen LogP contribution in [-0.2, 0) is 5.41 Å². The molecular weight excluding hydrogens is 569 g/mol. The number of hydrogen-bond acceptors (Lipinski definition) is 2. The van der Waals surface area contributed by atoms with E-state index >= 15 is 0 Å². The molecule has 0 saturated carbocycles. The van der Waals surface area contributed by atoms with Gasteiger partial charge in [-0.25, -0.2) is 4.98 Å². The summed E-state index contributed by atoms with van der Waals surface area (Å²) in [6.07, 6.45) is 0. The van der Waals surface area contributed by atoms with Gasteiger partial charge in [0, 0.05) is 28.2 Å². The van der Waals surface area contributed by atoms with Crippen LogP contribution in [0.1, 0.15) is 26.3 Å². The molecule has 2 nitrogen and oxygen atoms in total. The predicted molar refractivity (Wildman–Crippen MR) is 201 cm³/mol. The van der Waals surface area contributed by atoms with E-state index in [9.17, 15) is 0 Å². The van der Waals surface area contributed by atoms with Crippen LogP contribution in [0.3, 0.4) is 0 Å². The Morgan fingerprint density at radius 1 is 0.404 bits per heavy atom. The van der Waals surface area contributed by atoms with E-state index in [-0.39, 0.29) is 5.41 Å². The average Bonchev–Trinajstić information content (AvgIpc) is 3.12. The van der Waals surface area contributed by atoms with Crippen LogP contribution in [0, 0.1) is 0 Å². The first-order chi connectivity index (χ1) is 22.9. The predicted octanol–water partition coefficient (Wildman–Crippen LogP) is 12.6. The van der Waals surface area contributed by atoms with Crippen LogP contribution < -0.4 is 4.90 Å². The van der Waals surface area contributed by atoms with E-state index in [2.05, 4.69) is 183 Å². The minimum absolute atomic E-state index is 0.0728. The van der Waals surface area contributed by atoms with Gasteiger partial charge in [0.05, 0.1) is 11.4 Å². The Bertz CT molecular complexity index is 2380. The summed E-state index contributed by atoms with van der Waals surface area (Å²) in [6, 6.07) is 59.0. The lowest BCUT2D eigenvalue weighted by Gasteiger charge is -2.28. The summed E-state index contributed by atoms with van der Waals surface area (Å²) in [5, 5.41) is 7.57. The molecule has 7 aromatic carbocycles. The van der Waals surface area contributed by atoms with Gasteiger partial charge in [-0.3, -0.25) is 0 Å². The molecule has 0 aliphatic carbocycles. The summed E-state index contributed by atoms with van der Waals surface area (Å²) in [7, 11) is 0. The van der Waals surface area contributed by atoms with Crippen molar-refractivity contribution in [2.75, 3.05) is 4.90 Å². The Hall–Kier alpha value is -5.73. The number of aromatic nitrogens is 1. The molecule has 0 aliphatic heterocycles. The van der Waals surface area contributed by atoms with Crippen molar-refractivity contribution in [3.8, 4) is 22.5 Å². The minimum Gasteiger partial charge on any atom is -0.310 e. The molecule has 0 saturated heterocycles.